The quantitative estimate of drug-likeness (QED) is 0.831. The van der Waals surface area contributed by atoms with Crippen LogP contribution in [0.3, 0.4) is 0 Å². The first-order chi connectivity index (χ1) is 11.4. The Kier molecular flexibility index (Phi) is 5.80. The highest BCUT2D eigenvalue weighted by molar-refractivity contribution is 7.88. The molecule has 0 radical (unpaired) electrons. The highest BCUT2D eigenvalue weighted by Crippen LogP contribution is 2.29. The predicted molar refractivity (Wildman–Crippen MR) is 90.1 cm³/mol. The second-order valence-electron chi connectivity index (χ2n) is 5.30. The summed E-state index contributed by atoms with van der Waals surface area (Å²) in [5, 5.41) is 0. The first-order valence-electron chi connectivity index (χ1n) is 7.31. The molecule has 0 aromatic heterocycles. The summed E-state index contributed by atoms with van der Waals surface area (Å²) in [6.07, 6.45) is 0. The molecule has 0 saturated carbocycles. The van der Waals surface area contributed by atoms with Gasteiger partial charge >= 0.3 is 0 Å². The molecule has 7 heteroatoms. The number of hydrogen-bond donors (Lipinski definition) is 1. The lowest BCUT2D eigenvalue weighted by atomic mass is 10.1. The molecule has 2 rings (SSSR count). The van der Waals surface area contributed by atoms with E-state index in [1.807, 2.05) is 0 Å². The number of benzene rings is 2. The van der Waals surface area contributed by atoms with Crippen molar-refractivity contribution in [1.82, 2.24) is 4.72 Å². The molecule has 0 aliphatic rings. The van der Waals surface area contributed by atoms with Crippen molar-refractivity contribution in [2.45, 2.75) is 18.7 Å². The first kappa shape index (κ1) is 18.2. The molecular formula is C17H20FNO4S. The van der Waals surface area contributed by atoms with Crippen LogP contribution < -0.4 is 14.2 Å². The minimum absolute atomic E-state index is 0.120. The Morgan fingerprint density at radius 3 is 2.46 bits per heavy atom. The topological polar surface area (TPSA) is 64.6 Å². The Bertz CT molecular complexity index is 808. The van der Waals surface area contributed by atoms with Crippen molar-refractivity contribution in [3.8, 4) is 11.5 Å². The predicted octanol–water partition coefficient (Wildman–Crippen LogP) is 3.02. The van der Waals surface area contributed by atoms with Crippen LogP contribution in [0.1, 0.15) is 24.1 Å². The van der Waals surface area contributed by atoms with Crippen LogP contribution >= 0.6 is 0 Å². The summed E-state index contributed by atoms with van der Waals surface area (Å²) < 4.78 is 51.3. The fourth-order valence-corrected chi connectivity index (χ4v) is 3.76. The van der Waals surface area contributed by atoms with Crippen molar-refractivity contribution in [2.24, 2.45) is 0 Å². The molecule has 0 saturated heterocycles. The van der Waals surface area contributed by atoms with Crippen LogP contribution in [-0.4, -0.2) is 22.6 Å². The molecule has 24 heavy (non-hydrogen) atoms. The number of methoxy groups -OCH3 is 2. The Hall–Kier alpha value is -2.12. The molecule has 0 fully saturated rings. The van der Waals surface area contributed by atoms with Crippen molar-refractivity contribution < 1.29 is 22.3 Å². The summed E-state index contributed by atoms with van der Waals surface area (Å²) in [4.78, 5) is 0. The van der Waals surface area contributed by atoms with Crippen molar-refractivity contribution >= 4 is 10.0 Å². The van der Waals surface area contributed by atoms with Crippen LogP contribution in [0.5, 0.6) is 11.5 Å². The zero-order valence-electron chi connectivity index (χ0n) is 13.7. The van der Waals surface area contributed by atoms with E-state index in [1.165, 1.54) is 32.4 Å². The van der Waals surface area contributed by atoms with E-state index in [4.69, 9.17) is 9.47 Å². The summed E-state index contributed by atoms with van der Waals surface area (Å²) in [5.74, 6) is 0.147. The van der Waals surface area contributed by atoms with Crippen molar-refractivity contribution in [2.75, 3.05) is 14.2 Å². The van der Waals surface area contributed by atoms with Gasteiger partial charge in [0.1, 0.15) is 17.3 Å². The van der Waals surface area contributed by atoms with Crippen LogP contribution in [0.4, 0.5) is 4.39 Å². The van der Waals surface area contributed by atoms with E-state index in [9.17, 15) is 12.8 Å². The maximum Gasteiger partial charge on any atom is 0.216 e. The summed E-state index contributed by atoms with van der Waals surface area (Å²) in [6, 6.07) is 10.4. The second-order valence-corrected chi connectivity index (χ2v) is 7.05. The lowest BCUT2D eigenvalue weighted by molar-refractivity contribution is 0.395. The van der Waals surface area contributed by atoms with E-state index in [1.54, 1.807) is 31.2 Å². The molecule has 5 nitrogen and oxygen atoms in total. The largest absolute Gasteiger partial charge is 0.497 e. The monoisotopic (exact) mass is 353 g/mol. The van der Waals surface area contributed by atoms with Gasteiger partial charge in [-0.1, -0.05) is 18.2 Å². The minimum atomic E-state index is -3.74. The number of hydrogen-bond acceptors (Lipinski definition) is 4. The molecule has 0 aliphatic heterocycles. The summed E-state index contributed by atoms with van der Waals surface area (Å²) in [7, 11) is -0.703. The van der Waals surface area contributed by atoms with E-state index in [2.05, 4.69) is 4.72 Å². The van der Waals surface area contributed by atoms with Crippen molar-refractivity contribution in [3.05, 3.63) is 59.4 Å². The van der Waals surface area contributed by atoms with Gasteiger partial charge in [0.05, 0.1) is 20.0 Å². The zero-order valence-corrected chi connectivity index (χ0v) is 14.6. The van der Waals surface area contributed by atoms with Crippen molar-refractivity contribution in [3.63, 3.8) is 0 Å². The third-order valence-electron chi connectivity index (χ3n) is 3.56. The lowest BCUT2D eigenvalue weighted by Crippen LogP contribution is -2.28. The van der Waals surface area contributed by atoms with Gasteiger partial charge in [0.15, 0.2) is 0 Å². The van der Waals surface area contributed by atoms with Crippen LogP contribution in [-0.2, 0) is 15.8 Å². The van der Waals surface area contributed by atoms with Gasteiger partial charge < -0.3 is 9.47 Å². The lowest BCUT2D eigenvalue weighted by Gasteiger charge is -2.18. The standard InChI is InChI=1S/C17H20FNO4S/c1-12(15-10-14(22-2)8-9-17(15)23-3)19-24(20,21)11-13-6-4-5-7-16(13)18/h4-10,12,19H,11H2,1-3H3. The molecule has 0 aliphatic carbocycles. The Morgan fingerprint density at radius 2 is 1.83 bits per heavy atom. The van der Waals surface area contributed by atoms with E-state index >= 15 is 0 Å². The fraction of sp³-hybridized carbons (Fsp3) is 0.294. The highest BCUT2D eigenvalue weighted by Gasteiger charge is 2.21. The first-order valence-corrected chi connectivity index (χ1v) is 8.97. The van der Waals surface area contributed by atoms with E-state index in [0.29, 0.717) is 17.1 Å². The van der Waals surface area contributed by atoms with Crippen LogP contribution in [0.15, 0.2) is 42.5 Å². The van der Waals surface area contributed by atoms with Crippen LogP contribution in [0, 0.1) is 5.82 Å². The van der Waals surface area contributed by atoms with Crippen molar-refractivity contribution in [1.29, 1.82) is 0 Å². The summed E-state index contributed by atoms with van der Waals surface area (Å²) in [5.41, 5.74) is 0.753. The van der Waals surface area contributed by atoms with Gasteiger partial charge in [0.25, 0.3) is 0 Å². The molecule has 2 aromatic rings. The molecule has 0 heterocycles. The average Bonchev–Trinajstić information content (AvgIpc) is 2.55. The number of rotatable bonds is 7. The van der Waals surface area contributed by atoms with Gasteiger partial charge in [-0.05, 0) is 31.2 Å². The third kappa shape index (κ3) is 4.46. The minimum Gasteiger partial charge on any atom is -0.497 e. The van der Waals surface area contributed by atoms with Gasteiger partial charge in [-0.2, -0.15) is 0 Å². The van der Waals surface area contributed by atoms with Crippen LogP contribution in [0.2, 0.25) is 0 Å². The molecule has 0 bridgehead atoms. The smallest absolute Gasteiger partial charge is 0.216 e. The summed E-state index contributed by atoms with van der Waals surface area (Å²) >= 11 is 0. The van der Waals surface area contributed by atoms with E-state index in [-0.39, 0.29) is 5.56 Å². The van der Waals surface area contributed by atoms with Gasteiger partial charge in [-0.15, -0.1) is 0 Å². The normalized spacial score (nSPS) is 12.7. The van der Waals surface area contributed by atoms with Gasteiger partial charge in [-0.3, -0.25) is 0 Å². The molecule has 2 aromatic carbocycles. The molecular weight excluding hydrogens is 333 g/mol. The average molecular weight is 353 g/mol. The van der Waals surface area contributed by atoms with E-state index in [0.717, 1.165) is 0 Å². The second kappa shape index (κ2) is 7.63. The van der Waals surface area contributed by atoms with Gasteiger partial charge in [-0.25, -0.2) is 17.5 Å². The molecule has 130 valence electrons. The fourth-order valence-electron chi connectivity index (χ4n) is 2.37. The van der Waals surface area contributed by atoms with E-state index < -0.39 is 27.6 Å². The number of sulfonamides is 1. The molecule has 0 amide bonds. The zero-order chi connectivity index (χ0) is 17.7. The molecule has 1 unspecified atom stereocenters. The van der Waals surface area contributed by atoms with Crippen LogP contribution in [0.25, 0.3) is 0 Å². The Balaban J connectivity index is 2.22. The maximum absolute atomic E-state index is 13.7. The maximum atomic E-state index is 13.7. The van der Waals surface area contributed by atoms with Gasteiger partial charge in [0.2, 0.25) is 10.0 Å². The van der Waals surface area contributed by atoms with Gasteiger partial charge in [0, 0.05) is 17.2 Å². The molecule has 0 spiro atoms. The Labute approximate surface area is 141 Å². The number of ether oxygens (including phenoxy) is 2. The molecule has 1 N–H and O–H groups in total. The number of nitrogens with one attached hydrogen (secondary N) is 1. The number of halogens is 1. The Morgan fingerprint density at radius 1 is 1.12 bits per heavy atom. The summed E-state index contributed by atoms with van der Waals surface area (Å²) in [6.45, 7) is 1.69. The molecule has 1 atom stereocenters. The SMILES string of the molecule is COc1ccc(OC)c(C(C)NS(=O)(=O)Cc2ccccc2F)c1. The third-order valence-corrected chi connectivity index (χ3v) is 4.97. The highest BCUT2D eigenvalue weighted by atomic mass is 32.2.